The molecule has 0 N–H and O–H groups in total. The Balaban J connectivity index is 0.999. The minimum absolute atomic E-state index is 0.00381. The molecular weight excluding hydrogens is 1420 g/mol. The quantitative estimate of drug-likeness (QED) is 0.0944. The van der Waals surface area contributed by atoms with Crippen molar-refractivity contribution in [1.29, 1.82) is 0 Å². The topological polar surface area (TPSA) is 11.4 Å². The van der Waals surface area contributed by atoms with Crippen molar-refractivity contribution in [2.75, 3.05) is 9.80 Å². The lowest BCUT2D eigenvalue weighted by molar-refractivity contribution is 0.569. The first-order chi connectivity index (χ1) is 60.4. The van der Waals surface area contributed by atoms with E-state index in [2.05, 4.69) is 402 Å². The molecule has 118 heavy (non-hydrogen) atoms. The molecule has 0 saturated heterocycles. The van der Waals surface area contributed by atoms with E-state index < -0.39 is 48.4 Å². The summed E-state index contributed by atoms with van der Waals surface area (Å²) in [4.78, 5) is 5.17. The molecule has 0 bridgehead atoms. The Morgan fingerprint density at radius 3 is 1.15 bits per heavy atom. The SMILES string of the molecule is [2H]c1c([2H])c([2H])c2c(c1[2H])c1c([2H])c([2H])c([2H])c([2H])c1n2-c1ccc2c(c1)N(c1c(-c3cccc(-c4ccccc4)c3)cccc1-c1cc3ccccc3c3ccccc13)c1cc(C(C)(C)C)cc3c1B2c1ccc(-c2cc(C(C)(C)C)cc(C(C)(C)C)c2)cc1N3c1c(-c2cccc(-c3ccccc3)c2)cc(C(C)(C)C)cc1-c1cccc(-c2ccccc2)c1. The average molecular weight is 1530 g/mol. The van der Waals surface area contributed by atoms with Crippen LogP contribution in [-0.4, -0.2) is 11.3 Å². The van der Waals surface area contributed by atoms with Gasteiger partial charge in [-0.05, 0) is 227 Å². The van der Waals surface area contributed by atoms with Gasteiger partial charge in [0.2, 0.25) is 0 Å². The van der Waals surface area contributed by atoms with Crippen LogP contribution in [0.5, 0.6) is 0 Å². The lowest BCUT2D eigenvalue weighted by atomic mass is 9.33. The zero-order valence-electron chi connectivity index (χ0n) is 76.9. The van der Waals surface area contributed by atoms with Crippen LogP contribution in [-0.2, 0) is 21.7 Å². The summed E-state index contributed by atoms with van der Waals surface area (Å²) in [6.45, 7) is 27.2. The van der Waals surface area contributed by atoms with Gasteiger partial charge >= 0.3 is 0 Å². The molecule has 0 aliphatic carbocycles. The van der Waals surface area contributed by atoms with E-state index in [1.807, 2.05) is 6.07 Å². The van der Waals surface area contributed by atoms with Gasteiger partial charge in [0.25, 0.3) is 6.71 Å². The summed E-state index contributed by atoms with van der Waals surface area (Å²) in [6, 6.07) is 113. The van der Waals surface area contributed by atoms with Crippen LogP contribution in [0.4, 0.5) is 34.1 Å². The number of hydrogen-bond donors (Lipinski definition) is 0. The largest absolute Gasteiger partial charge is 0.310 e. The van der Waals surface area contributed by atoms with Gasteiger partial charge in [0.1, 0.15) is 0 Å². The van der Waals surface area contributed by atoms with Crippen molar-refractivity contribution < 1.29 is 11.0 Å². The standard InChI is InChI=1S/C114H96BN3/c1-111(2,3)85-63-84(64-86(67-85)112(4,5)6)79-56-58-100-104(66-79)117(110-97(81-45-31-42-77(61-81)74-36-18-14-19-37-74)68-87(113(7,8)9)69-98(110)82-46-32-43-78(62-82)75-38-20-15-21-39-75)106-70-88(114(10,11)12)71-107-108(106)115(100)101-59-57-89(116-102-54-28-26-50-94(102)95-51-27-29-55-103(95)116)72-105(101)118(107)109-91(80-44-30-41-76(60-80)73-34-16-13-17-35-73)52-33-53-96(109)99-65-83-40-22-23-47-90(83)92-48-24-25-49-93(92)99/h13-72H,1-12H3/i26D,27D,28D,29D,50D,51D,54D,55D. The number of rotatable bonds is 11. The summed E-state index contributed by atoms with van der Waals surface area (Å²) < 4.78 is 78.7. The number of hydrogen-bond acceptors (Lipinski definition) is 2. The molecule has 3 heterocycles. The predicted octanol–water partition coefficient (Wildman–Crippen LogP) is 29.7. The van der Waals surface area contributed by atoms with Crippen molar-refractivity contribution >= 4 is 101 Å². The molecule has 4 heteroatoms. The van der Waals surface area contributed by atoms with Gasteiger partial charge in [-0.25, -0.2) is 0 Å². The molecule has 0 unspecified atom stereocenters. The second-order valence-electron chi connectivity index (χ2n) is 36.3. The van der Waals surface area contributed by atoms with Crippen LogP contribution in [0.1, 0.15) is 116 Å². The number of aromatic nitrogens is 1. The lowest BCUT2D eigenvalue weighted by Gasteiger charge is -2.46. The highest BCUT2D eigenvalue weighted by molar-refractivity contribution is 7.00. The van der Waals surface area contributed by atoms with Crippen molar-refractivity contribution in [1.82, 2.24) is 4.57 Å². The van der Waals surface area contributed by atoms with Crippen LogP contribution in [0.2, 0.25) is 0 Å². The Kier molecular flexibility index (Phi) is 15.6. The summed E-state index contributed by atoms with van der Waals surface area (Å²) in [5.41, 5.74) is 29.0. The van der Waals surface area contributed by atoms with E-state index in [1.165, 1.54) is 16.7 Å². The van der Waals surface area contributed by atoms with Crippen LogP contribution >= 0.6 is 0 Å². The fourth-order valence-corrected chi connectivity index (χ4v) is 18.3. The third kappa shape index (κ3) is 12.8. The molecule has 0 atom stereocenters. The number of nitrogens with zero attached hydrogens (tertiary/aromatic N) is 3. The van der Waals surface area contributed by atoms with E-state index in [-0.39, 0.29) is 50.1 Å². The Labute approximate surface area is 707 Å². The van der Waals surface area contributed by atoms with E-state index in [9.17, 15) is 11.0 Å². The van der Waals surface area contributed by atoms with Gasteiger partial charge in [-0.3, -0.25) is 0 Å². The van der Waals surface area contributed by atoms with Gasteiger partial charge in [0.05, 0.1) is 33.4 Å². The summed E-state index contributed by atoms with van der Waals surface area (Å²) in [6.07, 6.45) is 0. The van der Waals surface area contributed by atoms with E-state index in [1.54, 1.807) is 4.57 Å². The zero-order chi connectivity index (χ0) is 87.6. The Hall–Kier alpha value is -13.3. The second kappa shape index (κ2) is 28.3. The van der Waals surface area contributed by atoms with E-state index >= 15 is 0 Å². The van der Waals surface area contributed by atoms with Crippen molar-refractivity contribution in [3.05, 3.63) is 386 Å². The molecule has 0 amide bonds. The van der Waals surface area contributed by atoms with E-state index in [0.717, 1.165) is 167 Å². The van der Waals surface area contributed by atoms with Crippen LogP contribution in [0, 0.1) is 0 Å². The van der Waals surface area contributed by atoms with E-state index in [4.69, 9.17) is 0 Å². The minimum atomic E-state index is -0.550. The number of para-hydroxylation sites is 3. The maximum absolute atomic E-state index is 10.1. The van der Waals surface area contributed by atoms with Crippen LogP contribution < -0.4 is 26.2 Å². The molecule has 0 spiro atoms. The third-order valence-corrected chi connectivity index (χ3v) is 24.6. The maximum atomic E-state index is 10.1. The summed E-state index contributed by atoms with van der Waals surface area (Å²) in [5, 5.41) is 4.36. The average Bonchev–Trinajstić information content (AvgIpc) is 0.866. The summed E-state index contributed by atoms with van der Waals surface area (Å²) in [5.74, 6) is 0. The highest BCUT2D eigenvalue weighted by Crippen LogP contribution is 2.57. The monoisotopic (exact) mass is 1530 g/mol. The summed E-state index contributed by atoms with van der Waals surface area (Å²) >= 11 is 0. The van der Waals surface area contributed by atoms with Crippen molar-refractivity contribution in [3.8, 4) is 94.7 Å². The summed E-state index contributed by atoms with van der Waals surface area (Å²) in [7, 11) is 0. The number of fused-ring (bicyclic) bond motifs is 10. The molecular formula is C114H96BN3. The van der Waals surface area contributed by atoms with Gasteiger partial charge in [0, 0.05) is 61.5 Å². The zero-order valence-corrected chi connectivity index (χ0v) is 68.9. The van der Waals surface area contributed by atoms with Crippen molar-refractivity contribution in [3.63, 3.8) is 0 Å². The third-order valence-electron chi connectivity index (χ3n) is 24.6. The lowest BCUT2D eigenvalue weighted by Crippen LogP contribution is -2.61. The molecule has 0 radical (unpaired) electrons. The molecule has 2 aliphatic rings. The second-order valence-corrected chi connectivity index (χ2v) is 36.3. The van der Waals surface area contributed by atoms with Gasteiger partial charge < -0.3 is 14.4 Å². The van der Waals surface area contributed by atoms with Crippen LogP contribution in [0.15, 0.2) is 364 Å². The fourth-order valence-electron chi connectivity index (χ4n) is 18.3. The van der Waals surface area contributed by atoms with Gasteiger partial charge in [-0.15, -0.1) is 0 Å². The van der Waals surface area contributed by atoms with Crippen molar-refractivity contribution in [2.45, 2.75) is 105 Å². The molecule has 20 rings (SSSR count). The first-order valence-corrected chi connectivity index (χ1v) is 41.3. The van der Waals surface area contributed by atoms with E-state index in [0.29, 0.717) is 5.69 Å². The Morgan fingerprint density at radius 1 is 0.246 bits per heavy atom. The number of anilines is 6. The Bertz CT molecular complexity index is 7340. The molecule has 2 aliphatic heterocycles. The molecule has 0 fully saturated rings. The first-order valence-electron chi connectivity index (χ1n) is 45.3. The van der Waals surface area contributed by atoms with Gasteiger partial charge in [-0.2, -0.15) is 0 Å². The van der Waals surface area contributed by atoms with Crippen LogP contribution in [0.25, 0.3) is 138 Å². The molecule has 0 saturated carbocycles. The highest BCUT2D eigenvalue weighted by Gasteiger charge is 2.47. The highest BCUT2D eigenvalue weighted by atomic mass is 15.2. The number of benzene rings is 17. The van der Waals surface area contributed by atoms with Crippen LogP contribution in [0.3, 0.4) is 0 Å². The molecule has 3 nitrogen and oxygen atoms in total. The molecule has 1 aromatic heterocycles. The maximum Gasteiger partial charge on any atom is 0.252 e. The molecule has 17 aromatic carbocycles. The van der Waals surface area contributed by atoms with Gasteiger partial charge in [-0.1, -0.05) is 368 Å². The minimum Gasteiger partial charge on any atom is -0.310 e. The normalized spacial score (nSPS) is 13.8. The smallest absolute Gasteiger partial charge is 0.252 e. The first kappa shape index (κ1) is 64.9. The molecule has 570 valence electrons. The predicted molar refractivity (Wildman–Crippen MR) is 508 cm³/mol. The van der Waals surface area contributed by atoms with Gasteiger partial charge in [0.15, 0.2) is 0 Å². The Morgan fingerprint density at radius 2 is 0.636 bits per heavy atom. The fraction of sp³-hybridized carbons (Fsp3) is 0.140. The van der Waals surface area contributed by atoms with Crippen molar-refractivity contribution in [2.24, 2.45) is 0 Å². The molecule has 18 aromatic rings.